The van der Waals surface area contributed by atoms with Gasteiger partial charge in [0, 0.05) is 0 Å². The van der Waals surface area contributed by atoms with Gasteiger partial charge in [-0.3, -0.25) is 0 Å². The van der Waals surface area contributed by atoms with Gasteiger partial charge < -0.3 is 4.74 Å². The van der Waals surface area contributed by atoms with Crippen molar-refractivity contribution in [3.05, 3.63) is 42.5 Å². The van der Waals surface area contributed by atoms with Crippen LogP contribution in [0.2, 0.25) is 0 Å². The predicted octanol–water partition coefficient (Wildman–Crippen LogP) is 3.73. The molecule has 1 heteroatoms. The molecule has 0 aliphatic rings. The Balaban J connectivity index is 2.57. The zero-order chi connectivity index (χ0) is 10.4. The van der Waals surface area contributed by atoms with Crippen LogP contribution in [0.3, 0.4) is 0 Å². The van der Waals surface area contributed by atoms with Crippen molar-refractivity contribution in [3.63, 3.8) is 0 Å². The SMILES string of the molecule is C=C[C@H](CCC)Oc1ccc(C)cc1. The zero-order valence-corrected chi connectivity index (χ0v) is 8.99. The van der Waals surface area contributed by atoms with Crippen LogP contribution >= 0.6 is 0 Å². The van der Waals surface area contributed by atoms with Gasteiger partial charge in [-0.2, -0.15) is 0 Å². The lowest BCUT2D eigenvalue weighted by Crippen LogP contribution is -2.12. The van der Waals surface area contributed by atoms with E-state index in [1.165, 1.54) is 5.56 Å². The lowest BCUT2D eigenvalue weighted by atomic mass is 10.2. The Hall–Kier alpha value is -1.24. The maximum Gasteiger partial charge on any atom is 0.120 e. The highest BCUT2D eigenvalue weighted by Crippen LogP contribution is 2.15. The summed E-state index contributed by atoms with van der Waals surface area (Å²) < 4.78 is 5.74. The Morgan fingerprint density at radius 1 is 1.36 bits per heavy atom. The minimum atomic E-state index is 0.141. The Kier molecular flexibility index (Phi) is 4.24. The van der Waals surface area contributed by atoms with Crippen molar-refractivity contribution in [1.82, 2.24) is 0 Å². The normalized spacial score (nSPS) is 12.1. The van der Waals surface area contributed by atoms with E-state index in [1.807, 2.05) is 18.2 Å². The van der Waals surface area contributed by atoms with Crippen LogP contribution in [-0.2, 0) is 0 Å². The summed E-state index contributed by atoms with van der Waals surface area (Å²) in [7, 11) is 0. The molecule has 0 aliphatic carbocycles. The molecule has 0 spiro atoms. The number of hydrogen-bond donors (Lipinski definition) is 0. The summed E-state index contributed by atoms with van der Waals surface area (Å²) in [6, 6.07) is 8.12. The van der Waals surface area contributed by atoms with E-state index in [1.54, 1.807) is 0 Å². The fraction of sp³-hybridized carbons (Fsp3) is 0.385. The molecule has 1 atom stereocenters. The van der Waals surface area contributed by atoms with E-state index in [-0.39, 0.29) is 6.10 Å². The fourth-order valence-electron chi connectivity index (χ4n) is 1.30. The van der Waals surface area contributed by atoms with E-state index < -0.39 is 0 Å². The largest absolute Gasteiger partial charge is 0.486 e. The van der Waals surface area contributed by atoms with Crippen LogP contribution in [0.25, 0.3) is 0 Å². The molecule has 14 heavy (non-hydrogen) atoms. The van der Waals surface area contributed by atoms with Gasteiger partial charge in [0.1, 0.15) is 11.9 Å². The van der Waals surface area contributed by atoms with Gasteiger partial charge >= 0.3 is 0 Å². The summed E-state index contributed by atoms with van der Waals surface area (Å²) in [6.45, 7) is 7.99. The smallest absolute Gasteiger partial charge is 0.120 e. The third-order valence-corrected chi connectivity index (χ3v) is 2.14. The average molecular weight is 190 g/mol. The average Bonchev–Trinajstić information content (AvgIpc) is 2.20. The molecule has 0 fully saturated rings. The van der Waals surface area contributed by atoms with E-state index in [0.717, 1.165) is 18.6 Å². The summed E-state index contributed by atoms with van der Waals surface area (Å²) in [6.07, 6.45) is 4.14. The second-order valence-electron chi connectivity index (χ2n) is 3.49. The van der Waals surface area contributed by atoms with Gasteiger partial charge in [-0.15, -0.1) is 0 Å². The molecule has 0 unspecified atom stereocenters. The van der Waals surface area contributed by atoms with Gasteiger partial charge in [-0.1, -0.05) is 43.7 Å². The van der Waals surface area contributed by atoms with Crippen molar-refractivity contribution in [3.8, 4) is 5.75 Å². The predicted molar refractivity (Wildman–Crippen MR) is 60.7 cm³/mol. The topological polar surface area (TPSA) is 9.23 Å². The van der Waals surface area contributed by atoms with Gasteiger partial charge in [-0.25, -0.2) is 0 Å². The van der Waals surface area contributed by atoms with Crippen molar-refractivity contribution in [2.24, 2.45) is 0 Å². The van der Waals surface area contributed by atoms with Crippen molar-refractivity contribution in [2.75, 3.05) is 0 Å². The first kappa shape index (κ1) is 10.8. The molecular formula is C13H18O. The fourth-order valence-corrected chi connectivity index (χ4v) is 1.30. The van der Waals surface area contributed by atoms with Crippen LogP contribution in [0.15, 0.2) is 36.9 Å². The highest BCUT2D eigenvalue weighted by molar-refractivity contribution is 5.26. The molecule has 1 aromatic rings. The zero-order valence-electron chi connectivity index (χ0n) is 8.99. The lowest BCUT2D eigenvalue weighted by molar-refractivity contribution is 0.237. The summed E-state index contributed by atoms with van der Waals surface area (Å²) in [4.78, 5) is 0. The van der Waals surface area contributed by atoms with Crippen molar-refractivity contribution >= 4 is 0 Å². The molecule has 1 rings (SSSR count). The van der Waals surface area contributed by atoms with Gasteiger partial charge in [0.15, 0.2) is 0 Å². The first-order chi connectivity index (χ1) is 6.76. The van der Waals surface area contributed by atoms with Crippen LogP contribution in [0.5, 0.6) is 5.75 Å². The van der Waals surface area contributed by atoms with Crippen LogP contribution in [0.4, 0.5) is 0 Å². The molecule has 76 valence electrons. The van der Waals surface area contributed by atoms with Crippen molar-refractivity contribution in [1.29, 1.82) is 0 Å². The minimum absolute atomic E-state index is 0.141. The van der Waals surface area contributed by atoms with E-state index in [0.29, 0.717) is 0 Å². The van der Waals surface area contributed by atoms with Gasteiger partial charge in [0.2, 0.25) is 0 Å². The molecule has 0 N–H and O–H groups in total. The van der Waals surface area contributed by atoms with E-state index in [4.69, 9.17) is 4.74 Å². The summed E-state index contributed by atoms with van der Waals surface area (Å²) in [5.74, 6) is 0.925. The van der Waals surface area contributed by atoms with Crippen molar-refractivity contribution in [2.45, 2.75) is 32.8 Å². The molecule has 0 aliphatic heterocycles. The van der Waals surface area contributed by atoms with E-state index in [9.17, 15) is 0 Å². The molecular weight excluding hydrogens is 172 g/mol. The number of ether oxygens (including phenoxy) is 1. The summed E-state index contributed by atoms with van der Waals surface area (Å²) in [5, 5.41) is 0. The van der Waals surface area contributed by atoms with Gasteiger partial charge in [0.25, 0.3) is 0 Å². The Labute approximate surface area is 86.4 Å². The second-order valence-corrected chi connectivity index (χ2v) is 3.49. The van der Waals surface area contributed by atoms with Gasteiger partial charge in [-0.05, 0) is 25.5 Å². The standard InChI is InChI=1S/C13H18O/c1-4-6-12(5-2)14-13-9-7-11(3)8-10-13/h5,7-10,12H,2,4,6H2,1,3H3/t12-/m1/s1. The molecule has 1 aromatic carbocycles. The summed E-state index contributed by atoms with van der Waals surface area (Å²) in [5.41, 5.74) is 1.25. The Bertz CT molecular complexity index is 274. The summed E-state index contributed by atoms with van der Waals surface area (Å²) >= 11 is 0. The van der Waals surface area contributed by atoms with E-state index in [2.05, 4.69) is 32.6 Å². The first-order valence-electron chi connectivity index (χ1n) is 5.12. The second kappa shape index (κ2) is 5.48. The maximum atomic E-state index is 5.74. The molecule has 0 heterocycles. The quantitative estimate of drug-likeness (QED) is 0.643. The number of aryl methyl sites for hydroxylation is 1. The number of rotatable bonds is 5. The third kappa shape index (κ3) is 3.25. The highest BCUT2D eigenvalue weighted by Gasteiger charge is 2.03. The van der Waals surface area contributed by atoms with Gasteiger partial charge in [0.05, 0.1) is 0 Å². The Morgan fingerprint density at radius 2 is 2.00 bits per heavy atom. The molecule has 0 aromatic heterocycles. The number of hydrogen-bond acceptors (Lipinski definition) is 1. The monoisotopic (exact) mass is 190 g/mol. The minimum Gasteiger partial charge on any atom is -0.486 e. The third-order valence-electron chi connectivity index (χ3n) is 2.14. The van der Waals surface area contributed by atoms with Crippen molar-refractivity contribution < 1.29 is 4.74 Å². The molecule has 0 amide bonds. The number of benzene rings is 1. The molecule has 0 bridgehead atoms. The van der Waals surface area contributed by atoms with Crippen LogP contribution in [-0.4, -0.2) is 6.10 Å². The molecule has 0 saturated carbocycles. The van der Waals surface area contributed by atoms with Crippen LogP contribution in [0, 0.1) is 6.92 Å². The highest BCUT2D eigenvalue weighted by atomic mass is 16.5. The maximum absolute atomic E-state index is 5.74. The Morgan fingerprint density at radius 3 is 2.50 bits per heavy atom. The molecule has 0 radical (unpaired) electrons. The lowest BCUT2D eigenvalue weighted by Gasteiger charge is -2.14. The van der Waals surface area contributed by atoms with Crippen LogP contribution < -0.4 is 4.74 Å². The van der Waals surface area contributed by atoms with E-state index >= 15 is 0 Å². The molecule has 1 nitrogen and oxygen atoms in total. The van der Waals surface area contributed by atoms with Crippen LogP contribution in [0.1, 0.15) is 25.3 Å². The first-order valence-corrected chi connectivity index (χ1v) is 5.12. The molecule has 0 saturated heterocycles.